The number of carbonyl (C=O) groups excluding carboxylic acids is 2. The number of thiazole rings is 1. The monoisotopic (exact) mass is 295 g/mol. The third kappa shape index (κ3) is 3.77. The first kappa shape index (κ1) is 13.5. The van der Waals surface area contributed by atoms with Crippen molar-refractivity contribution in [2.45, 2.75) is 6.92 Å². The molecule has 0 unspecified atom stereocenters. The maximum Gasteiger partial charge on any atom is 0.325 e. The van der Waals surface area contributed by atoms with Gasteiger partial charge in [0.05, 0.1) is 0 Å². The van der Waals surface area contributed by atoms with Gasteiger partial charge in [0.25, 0.3) is 0 Å². The number of rotatable bonds is 3. The van der Waals surface area contributed by atoms with Gasteiger partial charge in [-0.3, -0.25) is 10.1 Å². The number of nitrogens with zero attached hydrogens (tertiary/aromatic N) is 1. The van der Waals surface area contributed by atoms with Gasteiger partial charge in [-0.15, -0.1) is 11.3 Å². The Morgan fingerprint density at radius 3 is 2.74 bits per heavy atom. The van der Waals surface area contributed by atoms with Gasteiger partial charge >= 0.3 is 6.03 Å². The van der Waals surface area contributed by atoms with E-state index in [1.54, 1.807) is 29.6 Å². The molecule has 98 valence electrons. The number of urea groups is 1. The Bertz CT molecular complexity index is 627. The second-order valence-corrected chi connectivity index (χ2v) is 4.98. The summed E-state index contributed by atoms with van der Waals surface area (Å²) in [6.07, 6.45) is 0. The van der Waals surface area contributed by atoms with Crippen LogP contribution in [0.4, 0.5) is 15.6 Å². The molecule has 0 atom stereocenters. The molecule has 19 heavy (non-hydrogen) atoms. The summed E-state index contributed by atoms with van der Waals surface area (Å²) >= 11 is 7.00. The Balaban J connectivity index is 1.99. The van der Waals surface area contributed by atoms with Crippen LogP contribution in [-0.4, -0.2) is 16.8 Å². The van der Waals surface area contributed by atoms with Crippen molar-refractivity contribution in [1.82, 2.24) is 4.98 Å². The number of hydrogen-bond donors (Lipinski definition) is 2. The molecule has 2 rings (SSSR count). The van der Waals surface area contributed by atoms with Crippen molar-refractivity contribution in [2.24, 2.45) is 0 Å². The first-order valence-corrected chi connectivity index (χ1v) is 6.60. The van der Waals surface area contributed by atoms with Crippen LogP contribution in [0.25, 0.3) is 0 Å². The Hall–Kier alpha value is -1.92. The molecule has 1 aromatic carbocycles. The normalized spacial score (nSPS) is 10.0. The van der Waals surface area contributed by atoms with Crippen LogP contribution in [0.5, 0.6) is 0 Å². The molecule has 2 amide bonds. The molecular formula is C12H10ClN3O2S. The predicted octanol–water partition coefficient (Wildman–Crippen LogP) is 3.64. The molecule has 1 aromatic heterocycles. The number of hydrogen-bond acceptors (Lipinski definition) is 4. The molecule has 0 saturated heterocycles. The molecule has 0 saturated carbocycles. The Morgan fingerprint density at radius 1 is 1.32 bits per heavy atom. The summed E-state index contributed by atoms with van der Waals surface area (Å²) in [6, 6.07) is 6.35. The lowest BCUT2D eigenvalue weighted by Gasteiger charge is -2.05. The van der Waals surface area contributed by atoms with E-state index >= 15 is 0 Å². The van der Waals surface area contributed by atoms with E-state index in [9.17, 15) is 9.59 Å². The van der Waals surface area contributed by atoms with E-state index in [1.165, 1.54) is 18.3 Å². The lowest BCUT2D eigenvalue weighted by atomic mass is 10.3. The van der Waals surface area contributed by atoms with Crippen molar-refractivity contribution in [3.63, 3.8) is 0 Å². The molecule has 7 heteroatoms. The van der Waals surface area contributed by atoms with Crippen LogP contribution in [0.15, 0.2) is 29.6 Å². The summed E-state index contributed by atoms with van der Waals surface area (Å²) < 4.78 is 0. The summed E-state index contributed by atoms with van der Waals surface area (Å²) in [4.78, 5) is 26.7. The number of anilines is 2. The van der Waals surface area contributed by atoms with Crippen molar-refractivity contribution >= 4 is 45.6 Å². The van der Waals surface area contributed by atoms with Gasteiger partial charge in [0, 0.05) is 23.0 Å². The molecule has 0 aliphatic rings. The van der Waals surface area contributed by atoms with E-state index in [2.05, 4.69) is 15.6 Å². The molecule has 2 aromatic rings. The van der Waals surface area contributed by atoms with Crippen LogP contribution in [-0.2, 0) is 0 Å². The third-order valence-corrected chi connectivity index (χ3v) is 3.16. The second kappa shape index (κ2) is 5.81. The van der Waals surface area contributed by atoms with Crippen molar-refractivity contribution in [1.29, 1.82) is 0 Å². The van der Waals surface area contributed by atoms with Crippen molar-refractivity contribution in [3.05, 3.63) is 40.4 Å². The van der Waals surface area contributed by atoms with Crippen molar-refractivity contribution in [3.8, 4) is 0 Å². The van der Waals surface area contributed by atoms with Gasteiger partial charge in [-0.25, -0.2) is 9.78 Å². The fourth-order valence-electron chi connectivity index (χ4n) is 1.32. The van der Waals surface area contributed by atoms with Crippen LogP contribution in [0.1, 0.15) is 17.4 Å². The Morgan fingerprint density at radius 2 is 2.11 bits per heavy atom. The number of Topliss-reactive ketones (excluding diaryl/α,β-unsaturated/α-hetero) is 1. The summed E-state index contributed by atoms with van der Waals surface area (Å²) in [7, 11) is 0. The van der Waals surface area contributed by atoms with Gasteiger partial charge in [-0.05, 0) is 18.2 Å². The van der Waals surface area contributed by atoms with Crippen LogP contribution in [0, 0.1) is 0 Å². The number of nitrogens with one attached hydrogen (secondary N) is 2. The van der Waals surface area contributed by atoms with Gasteiger partial charge in [-0.2, -0.15) is 0 Å². The molecule has 2 N–H and O–H groups in total. The number of amides is 2. The molecule has 0 spiro atoms. The average molecular weight is 296 g/mol. The highest BCUT2D eigenvalue weighted by Gasteiger charge is 2.09. The van der Waals surface area contributed by atoms with Crippen molar-refractivity contribution in [2.75, 3.05) is 10.6 Å². The van der Waals surface area contributed by atoms with Gasteiger partial charge in [0.15, 0.2) is 10.9 Å². The minimum atomic E-state index is -0.438. The van der Waals surface area contributed by atoms with Gasteiger partial charge in [-0.1, -0.05) is 17.7 Å². The fraction of sp³-hybridized carbons (Fsp3) is 0.0833. The summed E-state index contributed by atoms with van der Waals surface area (Å²) in [5.74, 6) is -0.139. The van der Waals surface area contributed by atoms with E-state index in [0.29, 0.717) is 21.5 Å². The van der Waals surface area contributed by atoms with Crippen LogP contribution < -0.4 is 10.6 Å². The number of carbonyl (C=O) groups is 2. The van der Waals surface area contributed by atoms with Gasteiger partial charge < -0.3 is 5.32 Å². The molecule has 0 fully saturated rings. The summed E-state index contributed by atoms with van der Waals surface area (Å²) in [5.41, 5.74) is 0.913. The standard InChI is InChI=1S/C12H10ClN3O2S/c1-7(17)10-6-19-12(15-10)16-11(18)14-9-4-2-3-8(13)5-9/h2-6H,1H3,(H2,14,15,16,18). The SMILES string of the molecule is CC(=O)c1csc(NC(=O)Nc2cccc(Cl)c2)n1. The number of aromatic nitrogens is 1. The van der Waals surface area contributed by atoms with E-state index in [0.717, 1.165) is 0 Å². The molecule has 5 nitrogen and oxygen atoms in total. The maximum absolute atomic E-state index is 11.7. The predicted molar refractivity (Wildman–Crippen MR) is 76.2 cm³/mol. The van der Waals surface area contributed by atoms with Crippen LogP contribution in [0.2, 0.25) is 5.02 Å². The molecule has 0 aliphatic carbocycles. The topological polar surface area (TPSA) is 71.1 Å². The third-order valence-electron chi connectivity index (χ3n) is 2.17. The van der Waals surface area contributed by atoms with E-state index in [1.807, 2.05) is 0 Å². The van der Waals surface area contributed by atoms with E-state index in [-0.39, 0.29) is 5.78 Å². The lowest BCUT2D eigenvalue weighted by Crippen LogP contribution is -2.19. The van der Waals surface area contributed by atoms with E-state index < -0.39 is 6.03 Å². The van der Waals surface area contributed by atoms with Crippen molar-refractivity contribution < 1.29 is 9.59 Å². The zero-order chi connectivity index (χ0) is 13.8. The summed E-state index contributed by atoms with van der Waals surface area (Å²) in [5, 5.41) is 7.66. The average Bonchev–Trinajstić information content (AvgIpc) is 2.77. The zero-order valence-electron chi connectivity index (χ0n) is 9.94. The van der Waals surface area contributed by atoms with Crippen LogP contribution in [0.3, 0.4) is 0 Å². The minimum Gasteiger partial charge on any atom is -0.308 e. The molecule has 1 heterocycles. The zero-order valence-corrected chi connectivity index (χ0v) is 11.5. The van der Waals surface area contributed by atoms with Crippen LogP contribution >= 0.6 is 22.9 Å². The van der Waals surface area contributed by atoms with Gasteiger partial charge in [0.2, 0.25) is 0 Å². The molecule has 0 aliphatic heterocycles. The molecule has 0 bridgehead atoms. The Labute approximate surface area is 118 Å². The minimum absolute atomic E-state index is 0.139. The quantitative estimate of drug-likeness (QED) is 0.849. The highest BCUT2D eigenvalue weighted by Crippen LogP contribution is 2.17. The van der Waals surface area contributed by atoms with Gasteiger partial charge in [0.1, 0.15) is 5.69 Å². The van der Waals surface area contributed by atoms with E-state index in [4.69, 9.17) is 11.6 Å². The number of benzene rings is 1. The molecular weight excluding hydrogens is 286 g/mol. The molecule has 0 radical (unpaired) electrons. The fourth-order valence-corrected chi connectivity index (χ4v) is 2.25. The summed E-state index contributed by atoms with van der Waals surface area (Å²) in [6.45, 7) is 1.42. The second-order valence-electron chi connectivity index (χ2n) is 3.68. The largest absolute Gasteiger partial charge is 0.325 e. The first-order valence-electron chi connectivity index (χ1n) is 5.34. The lowest BCUT2D eigenvalue weighted by molar-refractivity contribution is 0.101. The number of halogens is 1. The maximum atomic E-state index is 11.7. The number of ketones is 1. The Kier molecular flexibility index (Phi) is 4.13. The first-order chi connectivity index (χ1) is 9.04. The highest BCUT2D eigenvalue weighted by atomic mass is 35.5. The smallest absolute Gasteiger partial charge is 0.308 e. The highest BCUT2D eigenvalue weighted by molar-refractivity contribution is 7.14.